The first-order chi connectivity index (χ1) is 6.16. The summed E-state index contributed by atoms with van der Waals surface area (Å²) >= 11 is 0. The van der Waals surface area contributed by atoms with E-state index in [1.165, 1.54) is 6.08 Å². The zero-order valence-electron chi connectivity index (χ0n) is 8.40. The van der Waals surface area contributed by atoms with Crippen molar-refractivity contribution < 1.29 is 63.4 Å². The molecule has 77 valence electrons. The second kappa shape index (κ2) is 5.65. The molecule has 1 spiro atoms. The van der Waals surface area contributed by atoms with Crippen molar-refractivity contribution in [2.75, 3.05) is 0 Å². The van der Waals surface area contributed by atoms with E-state index in [-0.39, 0.29) is 65.5 Å². The molecule has 1 aliphatic heterocycles. The molecule has 2 rings (SSSR count). The van der Waals surface area contributed by atoms with Crippen molar-refractivity contribution in [3.8, 4) is 0 Å². The van der Waals surface area contributed by atoms with E-state index in [2.05, 4.69) is 5.32 Å². The van der Waals surface area contributed by atoms with Crippen LogP contribution in [0.1, 0.15) is 19.8 Å². The Labute approximate surface area is 128 Å². The van der Waals surface area contributed by atoms with Gasteiger partial charge in [0.05, 0.1) is 5.91 Å². The van der Waals surface area contributed by atoms with Crippen LogP contribution in [0.25, 0.3) is 5.32 Å². The smallest absolute Gasteiger partial charge is 0.178 e. The van der Waals surface area contributed by atoms with Gasteiger partial charge in [-0.1, -0.05) is 24.1 Å². The number of hydrogen-bond acceptors (Lipinski definition) is 2. The molecule has 0 aromatic carbocycles. The minimum Gasteiger partial charge on any atom is -0.641 e. The van der Waals surface area contributed by atoms with E-state index in [1.807, 2.05) is 6.92 Å². The largest absolute Gasteiger partial charge is 0.641 e. The Balaban J connectivity index is 0.000000980. The SMILES string of the molecule is CCC1=CC(=O)C=CC12CC(=O)[N-]2.[W].[Y]. The Morgan fingerprint density at radius 1 is 1.47 bits per heavy atom. The number of amides is 1. The zero-order chi connectivity index (χ0) is 9.47. The fourth-order valence-corrected chi connectivity index (χ4v) is 1.80. The molecule has 1 unspecified atom stereocenters. The summed E-state index contributed by atoms with van der Waals surface area (Å²) in [5.41, 5.74) is 0.513. The van der Waals surface area contributed by atoms with Gasteiger partial charge in [-0.3, -0.25) is 4.79 Å². The van der Waals surface area contributed by atoms with Gasteiger partial charge in [0, 0.05) is 53.8 Å². The Kier molecular flexibility index (Phi) is 5.81. The number of carbonyl (C=O) groups is 2. The summed E-state index contributed by atoms with van der Waals surface area (Å²) in [5.74, 6) is -0.0737. The van der Waals surface area contributed by atoms with Crippen LogP contribution in [0.15, 0.2) is 23.8 Å². The molecule has 1 amide bonds. The standard InChI is InChI=1S/C10H11NO2.W.Y/c1-2-7-5-8(12)3-4-10(7)6-9(13)11-10;;/h3-5H,2,6H2,1H3,(H,11,13);;/p-1. The fourth-order valence-electron chi connectivity index (χ4n) is 1.80. The molecule has 0 aromatic heterocycles. The van der Waals surface area contributed by atoms with Crippen molar-refractivity contribution in [3.63, 3.8) is 0 Å². The minimum absolute atomic E-state index is 0. The molecular formula is C10H10NO2WY-. The van der Waals surface area contributed by atoms with Crippen molar-refractivity contribution >= 4 is 11.7 Å². The van der Waals surface area contributed by atoms with E-state index < -0.39 is 5.54 Å². The Morgan fingerprint density at radius 2 is 2.07 bits per heavy atom. The molecule has 0 N–H and O–H groups in total. The van der Waals surface area contributed by atoms with Gasteiger partial charge in [0.25, 0.3) is 0 Å². The van der Waals surface area contributed by atoms with Crippen LogP contribution in [0.3, 0.4) is 0 Å². The molecule has 0 saturated carbocycles. The van der Waals surface area contributed by atoms with Gasteiger partial charge < -0.3 is 10.1 Å². The van der Waals surface area contributed by atoms with Gasteiger partial charge in [0.15, 0.2) is 5.78 Å². The molecule has 2 aliphatic rings. The van der Waals surface area contributed by atoms with E-state index >= 15 is 0 Å². The van der Waals surface area contributed by atoms with Gasteiger partial charge in [0.2, 0.25) is 0 Å². The van der Waals surface area contributed by atoms with Gasteiger partial charge in [-0.25, -0.2) is 0 Å². The second-order valence-corrected chi connectivity index (χ2v) is 3.37. The average Bonchev–Trinajstić information content (AvgIpc) is 2.06. The van der Waals surface area contributed by atoms with Gasteiger partial charge in [-0.2, -0.15) is 0 Å². The summed E-state index contributed by atoms with van der Waals surface area (Å²) in [6.07, 6.45) is 6.03. The van der Waals surface area contributed by atoms with Crippen molar-refractivity contribution in [2.45, 2.75) is 25.3 Å². The summed E-state index contributed by atoms with van der Waals surface area (Å²) in [6, 6.07) is 0. The van der Waals surface area contributed by atoms with Gasteiger partial charge in [0.1, 0.15) is 0 Å². The topological polar surface area (TPSA) is 48.2 Å². The maximum Gasteiger partial charge on any atom is 0.178 e. The summed E-state index contributed by atoms with van der Waals surface area (Å²) in [5, 5.41) is 3.95. The van der Waals surface area contributed by atoms with Crippen LogP contribution in [0.5, 0.6) is 0 Å². The van der Waals surface area contributed by atoms with Crippen LogP contribution in [-0.4, -0.2) is 17.2 Å². The van der Waals surface area contributed by atoms with Crippen LogP contribution in [0, 0.1) is 0 Å². The van der Waals surface area contributed by atoms with Gasteiger partial charge in [-0.05, 0) is 25.0 Å². The number of ketones is 1. The summed E-state index contributed by atoms with van der Waals surface area (Å²) in [7, 11) is 0. The molecule has 1 saturated heterocycles. The second-order valence-electron chi connectivity index (χ2n) is 3.37. The predicted molar refractivity (Wildman–Crippen MR) is 48.2 cm³/mol. The van der Waals surface area contributed by atoms with E-state index in [4.69, 9.17) is 0 Å². The normalized spacial score (nSPS) is 27.1. The molecule has 1 heterocycles. The van der Waals surface area contributed by atoms with Crippen molar-refractivity contribution in [2.24, 2.45) is 0 Å². The third kappa shape index (κ3) is 2.75. The number of hydrogen-bond donors (Lipinski definition) is 0. The molecule has 0 aromatic rings. The van der Waals surface area contributed by atoms with Crippen molar-refractivity contribution in [1.29, 1.82) is 0 Å². The quantitative estimate of drug-likeness (QED) is 0.571. The Bertz CT molecular complexity index is 341. The third-order valence-electron chi connectivity index (χ3n) is 2.52. The summed E-state index contributed by atoms with van der Waals surface area (Å²) in [4.78, 5) is 21.9. The molecule has 3 nitrogen and oxygen atoms in total. The zero-order valence-corrected chi connectivity index (χ0v) is 14.2. The third-order valence-corrected chi connectivity index (χ3v) is 2.52. The van der Waals surface area contributed by atoms with E-state index in [0.29, 0.717) is 6.42 Å². The minimum atomic E-state index is -0.445. The first-order valence-corrected chi connectivity index (χ1v) is 4.36. The van der Waals surface area contributed by atoms with Crippen LogP contribution in [-0.2, 0) is 63.4 Å². The molecule has 5 heteroatoms. The number of β-lactam (4-membered cyclic amide) rings is 1. The maximum absolute atomic E-state index is 11.1. The average molecular weight is 449 g/mol. The number of carbonyl (C=O) groups excluding carboxylic acids is 2. The number of rotatable bonds is 1. The van der Waals surface area contributed by atoms with Gasteiger partial charge >= 0.3 is 0 Å². The molecular weight excluding hydrogens is 439 g/mol. The molecule has 1 aliphatic carbocycles. The Morgan fingerprint density at radius 3 is 2.53 bits per heavy atom. The predicted octanol–water partition coefficient (Wildman–Crippen LogP) is 1.50. The van der Waals surface area contributed by atoms with E-state index in [9.17, 15) is 9.59 Å². The van der Waals surface area contributed by atoms with Crippen molar-refractivity contribution in [1.82, 2.24) is 0 Å². The van der Waals surface area contributed by atoms with Crippen molar-refractivity contribution in [3.05, 3.63) is 29.1 Å². The van der Waals surface area contributed by atoms with Crippen LogP contribution in [0.4, 0.5) is 0 Å². The molecule has 15 heavy (non-hydrogen) atoms. The number of nitrogens with zero attached hydrogens (tertiary/aromatic N) is 1. The van der Waals surface area contributed by atoms with Crippen LogP contribution >= 0.6 is 0 Å². The molecule has 0 bridgehead atoms. The summed E-state index contributed by atoms with van der Waals surface area (Å²) in [6.45, 7) is 1.97. The summed E-state index contributed by atoms with van der Waals surface area (Å²) < 4.78 is 0. The first-order valence-electron chi connectivity index (χ1n) is 4.36. The van der Waals surface area contributed by atoms with Crippen LogP contribution < -0.4 is 0 Å². The fraction of sp³-hybridized carbons (Fsp3) is 0.400. The van der Waals surface area contributed by atoms with Gasteiger partial charge in [-0.15, -0.1) is 0 Å². The van der Waals surface area contributed by atoms with E-state index in [0.717, 1.165) is 12.0 Å². The molecule has 1 atom stereocenters. The Hall–Kier alpha value is 0.412. The number of allylic oxidation sites excluding steroid dienone is 2. The molecule has 1 radical (unpaired) electrons. The maximum atomic E-state index is 11.1. The monoisotopic (exact) mass is 449 g/mol. The van der Waals surface area contributed by atoms with Crippen LogP contribution in [0.2, 0.25) is 0 Å². The van der Waals surface area contributed by atoms with E-state index in [1.54, 1.807) is 12.2 Å². The first kappa shape index (κ1) is 15.4. The molecule has 1 fully saturated rings.